The first-order valence-electron chi connectivity index (χ1n) is 40.2. The van der Waals surface area contributed by atoms with E-state index in [0.29, 0.717) is 87.0 Å². The van der Waals surface area contributed by atoms with Gasteiger partial charge in [-0.25, -0.2) is 29.7 Å². The number of unbranched alkanes of at least 4 members (excludes halogenated alkanes) is 2. The number of aromatic amines is 1. The Morgan fingerprint density at radius 1 is 0.650 bits per heavy atom. The number of rotatable bonds is 52. The van der Waals surface area contributed by atoms with Crippen molar-refractivity contribution in [3.8, 4) is 10.7 Å². The Kier molecular flexibility index (Phi) is 41.6. The maximum Gasteiger partial charge on any atom is 0.404 e. The second-order valence-corrected chi connectivity index (χ2v) is 32.5. The van der Waals surface area contributed by atoms with E-state index in [2.05, 4.69) is 83.1 Å². The second kappa shape index (κ2) is 50.0. The quantitative estimate of drug-likeness (QED) is 0.0183. The molecule has 11 amide bonds. The van der Waals surface area contributed by atoms with Crippen LogP contribution in [0.2, 0.25) is 0 Å². The fourth-order valence-corrected chi connectivity index (χ4v) is 14.4. The third kappa shape index (κ3) is 30.5. The summed E-state index contributed by atoms with van der Waals surface area (Å²) in [7, 11) is 0. The van der Waals surface area contributed by atoms with Gasteiger partial charge in [0.05, 0.1) is 78.7 Å². The van der Waals surface area contributed by atoms with Gasteiger partial charge >= 0.3 is 6.09 Å². The van der Waals surface area contributed by atoms with Crippen molar-refractivity contribution in [3.05, 3.63) is 56.8 Å². The number of thiazole rings is 2. The number of primary amides is 3. The summed E-state index contributed by atoms with van der Waals surface area (Å²) in [5, 5.41) is 120. The third-order valence-corrected chi connectivity index (χ3v) is 21.9. The lowest BCUT2D eigenvalue weighted by Gasteiger charge is -2.47. The lowest BCUT2D eigenvalue weighted by atomic mass is 9.96. The Morgan fingerprint density at radius 2 is 1.31 bits per heavy atom. The number of nitrogen functional groups attached to an aromatic ring is 1. The SMILES string of the molecule is Cc1c(N)nc([C@H](CC(N)=O)NC[C@H](N)C(N)=O)nc1C(=O)N[C@H](C(=O)N[C@H](C)[C@@H](O)[C@H](C)C(=O)N[C@H](C(=O)NCCc1nc(-c2nc(C(=O)NCCCNCCCCNC(=O)[C@H](CCCCN)NC(=O)[C@@H](CC(C)C)NC(=O)[C@@H](N)C(C)C)cs2)cs1)[C@@H](C)O)[C@@H](O[C@@H]1O[C@@H](CO)[C@@H](O)[C@H](O)[C@@H]1O[C@H]1O[C@H](CO)[C@@H](O)[C@H](OC(N)=O)[C@@H]1O)c1cnc[nH]1. The average molecular weight is 1780 g/mol. The number of carbonyl (C=O) groups excluding carboxylic acids is 11. The van der Waals surface area contributed by atoms with Crippen molar-refractivity contribution in [2.45, 2.75) is 241 Å². The van der Waals surface area contributed by atoms with Crippen LogP contribution in [0, 0.1) is 24.7 Å². The highest BCUT2D eigenvalue weighted by Gasteiger charge is 2.54. The zero-order chi connectivity index (χ0) is 91.2. The lowest BCUT2D eigenvalue weighted by molar-refractivity contribution is -0.372. The average Bonchev–Trinajstić information content (AvgIpc) is 1.10. The molecule has 2 aliphatic rings. The van der Waals surface area contributed by atoms with Crippen LogP contribution in [-0.2, 0) is 68.5 Å². The highest BCUT2D eigenvalue weighted by Crippen LogP contribution is 2.35. The van der Waals surface area contributed by atoms with E-state index in [0.717, 1.165) is 18.9 Å². The molecule has 6 heterocycles. The molecule has 2 fully saturated rings. The van der Waals surface area contributed by atoms with Gasteiger partial charge in [-0.05, 0) is 97.2 Å². The number of ether oxygens (including phenoxy) is 5. The van der Waals surface area contributed by atoms with Crippen LogP contribution in [0.5, 0.6) is 0 Å². The minimum Gasteiger partial charge on any atom is -0.441 e. The number of hydrogen-bond donors (Lipinski definition) is 26. The molecule has 2 aliphatic heterocycles. The van der Waals surface area contributed by atoms with Gasteiger partial charge in [0.2, 0.25) is 47.3 Å². The standard InChI is InChI=1S/C74H121N23O24S2/c1-31(2)22-40(92-67(112)48(78)32(3)4)66(111)91-38(14-9-10-16-75)64(109)84-19-12-11-17-82-18-13-20-85-65(110)42-28-123-71(93-42)43-29-122-47(90-43)15-21-86-68(113)50(36(8)100)95-63(108)34(6)52(102)35(7)89-70(115)51(96-69(114)49-33(5)60(79)97-62(94-49)39(23-46(77)101)87-24-37(76)61(80)107)57(41-25-83-30-88-41)119-73-59(55(105)53(103)44(26-98)118-73)120-72-56(106)58(121-74(81)116)54(104)45(27-99)117-72/h25,28-32,34-40,44-45,48,50-59,72-73,82,87,98-100,102-106H,9-24,26-27,75-76,78H2,1-8H3,(H2,77,101)(H2,80,107)(H2,81,116)(H,83,88)(H,84,109)(H,85,110)(H,86,113)(H,89,115)(H,91,111)(H,92,112)(H,95,108)(H,96,114)(H2,79,94,97)/t34-,35+,36+,37-,38-,39-,40+,44-,45+,48-,50-,51-,52-,53+,54+,55-,56-,57-,58-,59-,72+,73-/m0/s1. The highest BCUT2D eigenvalue weighted by molar-refractivity contribution is 7.14. The summed E-state index contributed by atoms with van der Waals surface area (Å²) in [5.74, 6) is -10.3. The molecule has 0 aromatic carbocycles. The molecule has 4 aromatic rings. The van der Waals surface area contributed by atoms with Crippen molar-refractivity contribution in [2.24, 2.45) is 52.2 Å². The van der Waals surface area contributed by atoms with Gasteiger partial charge in [0.15, 0.2) is 18.7 Å². The number of H-pyrrole nitrogens is 1. The fourth-order valence-electron chi connectivity index (χ4n) is 12.8. The first-order chi connectivity index (χ1) is 58.2. The maximum absolute atomic E-state index is 15.3. The summed E-state index contributed by atoms with van der Waals surface area (Å²) < 4.78 is 28.8. The maximum atomic E-state index is 15.3. The minimum absolute atomic E-state index is 0.0521. The number of nitrogens with two attached hydrogens (primary N) is 7. The Balaban J connectivity index is 1.07. The number of aromatic nitrogens is 6. The summed E-state index contributed by atoms with van der Waals surface area (Å²) in [4.78, 5) is 172. The zero-order valence-corrected chi connectivity index (χ0v) is 71.2. The monoisotopic (exact) mass is 1780 g/mol. The van der Waals surface area contributed by atoms with Crippen molar-refractivity contribution in [3.63, 3.8) is 0 Å². The summed E-state index contributed by atoms with van der Waals surface area (Å²) >= 11 is 2.44. The molecule has 0 aliphatic carbocycles. The zero-order valence-electron chi connectivity index (χ0n) is 69.6. The van der Waals surface area contributed by atoms with Crippen LogP contribution < -0.4 is 93.3 Å². The minimum atomic E-state index is -2.22. The van der Waals surface area contributed by atoms with Crippen molar-refractivity contribution in [1.82, 2.24) is 83.1 Å². The molecule has 6 rings (SSSR count). The van der Waals surface area contributed by atoms with E-state index in [9.17, 15) is 88.8 Å². The molecule has 0 bridgehead atoms. The van der Waals surface area contributed by atoms with E-state index in [1.54, 1.807) is 10.8 Å². The summed E-state index contributed by atoms with van der Waals surface area (Å²) in [6.07, 6.45) is -21.5. The van der Waals surface area contributed by atoms with E-state index in [1.807, 2.05) is 27.7 Å². The molecule has 123 heavy (non-hydrogen) atoms. The van der Waals surface area contributed by atoms with E-state index in [4.69, 9.17) is 63.8 Å². The summed E-state index contributed by atoms with van der Waals surface area (Å²) in [6, 6.07) is -10.5. The predicted octanol–water partition coefficient (Wildman–Crippen LogP) is -7.97. The number of amides is 11. The number of nitrogens with one attached hydrogen (secondary N) is 11. The number of aliphatic hydroxyl groups excluding tert-OH is 8. The molecule has 0 unspecified atom stereocenters. The largest absolute Gasteiger partial charge is 0.441 e. The van der Waals surface area contributed by atoms with E-state index < -0.39 is 219 Å². The molecule has 688 valence electrons. The van der Waals surface area contributed by atoms with Crippen LogP contribution >= 0.6 is 22.7 Å². The van der Waals surface area contributed by atoms with Gasteiger partial charge in [-0.1, -0.05) is 34.6 Å². The van der Waals surface area contributed by atoms with Gasteiger partial charge < -0.3 is 163 Å². The van der Waals surface area contributed by atoms with Crippen molar-refractivity contribution in [1.29, 1.82) is 0 Å². The number of aliphatic hydroxyl groups is 8. The molecule has 2 saturated heterocycles. The number of imidazole rings is 1. The molecule has 33 N–H and O–H groups in total. The Hall–Kier alpha value is -9.36. The smallest absolute Gasteiger partial charge is 0.404 e. The van der Waals surface area contributed by atoms with E-state index in [-0.39, 0.29) is 65.8 Å². The summed E-state index contributed by atoms with van der Waals surface area (Å²) in [6.45, 7) is 12.4. The Morgan fingerprint density at radius 3 is 1.94 bits per heavy atom. The molecule has 49 heteroatoms. The van der Waals surface area contributed by atoms with Crippen LogP contribution in [-0.4, -0.2) is 311 Å². The Bertz CT molecular complexity index is 4100. The third-order valence-electron chi connectivity index (χ3n) is 20.1. The van der Waals surface area contributed by atoms with Gasteiger partial charge in [-0.2, -0.15) is 0 Å². The number of hydrogen-bond acceptors (Lipinski definition) is 37. The Labute approximate surface area is 716 Å². The predicted molar refractivity (Wildman–Crippen MR) is 439 cm³/mol. The fraction of sp³-hybridized carbons (Fsp3) is 0.676. The van der Waals surface area contributed by atoms with Gasteiger partial charge in [0.1, 0.15) is 107 Å². The van der Waals surface area contributed by atoms with Crippen LogP contribution in [0.1, 0.15) is 155 Å². The number of nitrogens with zero attached hydrogens (tertiary/aromatic N) is 5. The normalized spacial score (nSPS) is 22.0. The van der Waals surface area contributed by atoms with Crippen molar-refractivity contribution in [2.75, 3.05) is 64.8 Å². The topological polar surface area (TPSA) is 778 Å². The van der Waals surface area contributed by atoms with Crippen molar-refractivity contribution >= 4 is 93.7 Å². The molecule has 47 nitrogen and oxygen atoms in total. The highest BCUT2D eigenvalue weighted by atomic mass is 32.1. The molecule has 0 radical (unpaired) electrons. The molecule has 0 saturated carbocycles. The second-order valence-electron chi connectivity index (χ2n) is 30.7. The van der Waals surface area contributed by atoms with Gasteiger partial charge in [-0.3, -0.25) is 47.9 Å². The first-order valence-corrected chi connectivity index (χ1v) is 42.0. The van der Waals surface area contributed by atoms with E-state index >= 15 is 4.79 Å². The molecule has 4 aromatic heterocycles. The van der Waals surface area contributed by atoms with Crippen LogP contribution in [0.15, 0.2) is 23.3 Å². The van der Waals surface area contributed by atoms with Crippen LogP contribution in [0.4, 0.5) is 10.6 Å². The molecule has 0 spiro atoms. The van der Waals surface area contributed by atoms with Crippen LogP contribution in [0.3, 0.4) is 0 Å². The van der Waals surface area contributed by atoms with Gasteiger partial charge in [0.25, 0.3) is 11.8 Å². The van der Waals surface area contributed by atoms with Gasteiger partial charge in [-0.15, -0.1) is 22.7 Å². The molecular formula is C74H121N23O24S2. The molecule has 22 atom stereocenters. The lowest BCUT2D eigenvalue weighted by Crippen LogP contribution is -2.65. The van der Waals surface area contributed by atoms with Crippen molar-refractivity contribution < 1.29 is 117 Å². The number of anilines is 1. The van der Waals surface area contributed by atoms with Crippen LogP contribution in [0.25, 0.3) is 10.7 Å². The molecular weight excluding hydrogens is 1660 g/mol. The summed E-state index contributed by atoms with van der Waals surface area (Å²) in [5.41, 5.74) is 39.7. The van der Waals surface area contributed by atoms with E-state index in [1.165, 1.54) is 50.4 Å². The number of carbonyl (C=O) groups is 11. The van der Waals surface area contributed by atoms with Gasteiger partial charge in [0, 0.05) is 55.3 Å². The first kappa shape index (κ1) is 102.